The molecule has 42 valence electrons. The van der Waals surface area contributed by atoms with Crippen LogP contribution in [0, 0.1) is 5.92 Å². The molecule has 0 aliphatic carbocycles. The summed E-state index contributed by atoms with van der Waals surface area (Å²) in [5, 5.41) is 3.35. The van der Waals surface area contributed by atoms with Gasteiger partial charge >= 0.3 is 0 Å². The van der Waals surface area contributed by atoms with Gasteiger partial charge in [0.2, 0.25) is 0 Å². The molecule has 0 rings (SSSR count). The quantitative estimate of drug-likeness (QED) is 0.313. The van der Waals surface area contributed by atoms with Crippen LogP contribution in [-0.4, -0.2) is 6.21 Å². The lowest BCUT2D eigenvalue weighted by molar-refractivity contribution is 0.689. The van der Waals surface area contributed by atoms with E-state index >= 15 is 0 Å². The Morgan fingerprint density at radius 2 is 2.29 bits per heavy atom. The molecule has 0 amide bonds. The van der Waals surface area contributed by atoms with E-state index in [1.165, 1.54) is 0 Å². The van der Waals surface area contributed by atoms with Crippen LogP contribution in [0.25, 0.3) is 0 Å². The van der Waals surface area contributed by atoms with Gasteiger partial charge in [0, 0.05) is 6.21 Å². The third-order valence-corrected chi connectivity index (χ3v) is 0.682. The third kappa shape index (κ3) is 5.47. The van der Waals surface area contributed by atoms with Crippen molar-refractivity contribution in [3.8, 4) is 0 Å². The number of rotatable bonds is 2. The topological polar surface area (TPSA) is 38.4 Å². The van der Waals surface area contributed by atoms with Gasteiger partial charge in [-0.2, -0.15) is 5.10 Å². The first-order valence-electron chi connectivity index (χ1n) is 2.49. The highest BCUT2D eigenvalue weighted by Gasteiger charge is 1.85. The molecule has 0 aliphatic rings. The summed E-state index contributed by atoms with van der Waals surface area (Å²) in [7, 11) is 0. The largest absolute Gasteiger partial charge is 0.324 e. The van der Waals surface area contributed by atoms with Gasteiger partial charge in [-0.05, 0) is 12.3 Å². The fourth-order valence-electron chi connectivity index (χ4n) is 0.272. The summed E-state index contributed by atoms with van der Waals surface area (Å²) in [6.07, 6.45) is 2.71. The molecule has 0 unspecified atom stereocenters. The Morgan fingerprint density at radius 3 is 2.43 bits per heavy atom. The van der Waals surface area contributed by atoms with Gasteiger partial charge in [0.1, 0.15) is 0 Å². The van der Waals surface area contributed by atoms with Crippen molar-refractivity contribution in [3.05, 3.63) is 0 Å². The molecule has 0 aliphatic heterocycles. The van der Waals surface area contributed by atoms with Crippen LogP contribution in [0.15, 0.2) is 5.10 Å². The molecule has 7 heavy (non-hydrogen) atoms. The third-order valence-electron chi connectivity index (χ3n) is 0.682. The molecule has 0 radical (unpaired) electrons. The molecule has 0 bridgehead atoms. The maximum absolute atomic E-state index is 4.85. The average Bonchev–Trinajstić information content (AvgIpc) is 1.61. The molecule has 0 aromatic rings. The Bertz CT molecular complexity index is 57.1. The molecular formula is C5H12N2. The minimum atomic E-state index is 0.673. The van der Waals surface area contributed by atoms with E-state index in [0.717, 1.165) is 6.42 Å². The van der Waals surface area contributed by atoms with Crippen molar-refractivity contribution in [1.29, 1.82) is 0 Å². The summed E-state index contributed by atoms with van der Waals surface area (Å²) in [5.41, 5.74) is 0. The van der Waals surface area contributed by atoms with Crippen molar-refractivity contribution in [3.63, 3.8) is 0 Å². The first-order valence-corrected chi connectivity index (χ1v) is 2.49. The molecule has 0 saturated heterocycles. The zero-order valence-electron chi connectivity index (χ0n) is 4.89. The number of nitrogens with two attached hydrogens (primary N) is 1. The summed E-state index contributed by atoms with van der Waals surface area (Å²) in [6.45, 7) is 4.25. The van der Waals surface area contributed by atoms with Crippen molar-refractivity contribution in [2.24, 2.45) is 16.9 Å². The highest BCUT2D eigenvalue weighted by atomic mass is 15.1. The summed E-state index contributed by atoms with van der Waals surface area (Å²) in [4.78, 5) is 0. The first kappa shape index (κ1) is 6.47. The maximum Gasteiger partial charge on any atom is 0.0242 e. The van der Waals surface area contributed by atoms with E-state index in [1.54, 1.807) is 6.21 Å². The van der Waals surface area contributed by atoms with E-state index in [1.807, 2.05) is 0 Å². The molecule has 2 heteroatoms. The molecule has 0 fully saturated rings. The predicted octanol–water partition coefficient (Wildman–Crippen LogP) is 0.977. The lowest BCUT2D eigenvalue weighted by atomic mass is 10.2. The number of hydrazone groups is 1. The molecule has 2 N–H and O–H groups in total. The van der Waals surface area contributed by atoms with E-state index < -0.39 is 0 Å². The Balaban J connectivity index is 2.97. The zero-order valence-corrected chi connectivity index (χ0v) is 4.89. The Hall–Kier alpha value is -0.530. The van der Waals surface area contributed by atoms with Gasteiger partial charge in [-0.25, -0.2) is 0 Å². The van der Waals surface area contributed by atoms with Crippen LogP contribution >= 0.6 is 0 Å². The highest BCUT2D eigenvalue weighted by molar-refractivity contribution is 5.56. The van der Waals surface area contributed by atoms with Crippen LogP contribution in [0.4, 0.5) is 0 Å². The molecule has 0 saturated carbocycles. The van der Waals surface area contributed by atoms with Crippen LogP contribution in [0.2, 0.25) is 0 Å². The van der Waals surface area contributed by atoms with Gasteiger partial charge in [-0.15, -0.1) is 0 Å². The van der Waals surface area contributed by atoms with Gasteiger partial charge < -0.3 is 5.84 Å². The molecule has 0 heterocycles. The summed E-state index contributed by atoms with van der Waals surface area (Å²) in [5.74, 6) is 5.52. The average molecular weight is 100 g/mol. The second kappa shape index (κ2) is 3.65. The molecule has 0 spiro atoms. The van der Waals surface area contributed by atoms with Crippen molar-refractivity contribution in [2.75, 3.05) is 0 Å². The standard InChI is InChI=1S/C5H12N2/c1-5(2)3-4-7-6/h4-5H,3,6H2,1-2H3/b7-4+. The van der Waals surface area contributed by atoms with Gasteiger partial charge in [0.25, 0.3) is 0 Å². The normalized spacial score (nSPS) is 11.3. The summed E-state index contributed by atoms with van der Waals surface area (Å²) < 4.78 is 0. The lowest BCUT2D eigenvalue weighted by Gasteiger charge is -1.92. The van der Waals surface area contributed by atoms with Gasteiger partial charge in [0.15, 0.2) is 0 Å². The zero-order chi connectivity index (χ0) is 5.70. The van der Waals surface area contributed by atoms with E-state index in [2.05, 4.69) is 18.9 Å². The SMILES string of the molecule is CC(C)C/C=N/N. The highest BCUT2D eigenvalue weighted by Crippen LogP contribution is 1.93. The summed E-state index contributed by atoms with van der Waals surface area (Å²) >= 11 is 0. The van der Waals surface area contributed by atoms with Crippen LogP contribution in [0.1, 0.15) is 20.3 Å². The Labute approximate surface area is 44.4 Å². The summed E-state index contributed by atoms with van der Waals surface area (Å²) in [6, 6.07) is 0. The molecule has 2 nitrogen and oxygen atoms in total. The molecule has 0 aromatic carbocycles. The lowest BCUT2D eigenvalue weighted by Crippen LogP contribution is -1.89. The fourth-order valence-corrected chi connectivity index (χ4v) is 0.272. The van der Waals surface area contributed by atoms with Crippen molar-refractivity contribution in [2.45, 2.75) is 20.3 Å². The van der Waals surface area contributed by atoms with Crippen molar-refractivity contribution < 1.29 is 0 Å². The van der Waals surface area contributed by atoms with Gasteiger partial charge in [-0.3, -0.25) is 0 Å². The number of nitrogens with zero attached hydrogens (tertiary/aromatic N) is 1. The minimum Gasteiger partial charge on any atom is -0.324 e. The van der Waals surface area contributed by atoms with E-state index in [9.17, 15) is 0 Å². The van der Waals surface area contributed by atoms with Crippen LogP contribution < -0.4 is 5.84 Å². The monoisotopic (exact) mass is 100 g/mol. The van der Waals surface area contributed by atoms with Crippen molar-refractivity contribution >= 4 is 6.21 Å². The Morgan fingerprint density at radius 1 is 1.71 bits per heavy atom. The molecule has 0 aromatic heterocycles. The van der Waals surface area contributed by atoms with E-state index in [-0.39, 0.29) is 0 Å². The maximum atomic E-state index is 4.85. The van der Waals surface area contributed by atoms with Crippen LogP contribution in [0.5, 0.6) is 0 Å². The van der Waals surface area contributed by atoms with E-state index in [0.29, 0.717) is 5.92 Å². The first-order chi connectivity index (χ1) is 3.27. The number of hydrogen-bond donors (Lipinski definition) is 1. The number of hydrogen-bond acceptors (Lipinski definition) is 2. The molecular weight excluding hydrogens is 88.1 g/mol. The smallest absolute Gasteiger partial charge is 0.0242 e. The van der Waals surface area contributed by atoms with Crippen LogP contribution in [0.3, 0.4) is 0 Å². The predicted molar refractivity (Wildman–Crippen MR) is 32.1 cm³/mol. The molecule has 0 atom stereocenters. The van der Waals surface area contributed by atoms with Gasteiger partial charge in [0.05, 0.1) is 0 Å². The van der Waals surface area contributed by atoms with E-state index in [4.69, 9.17) is 5.84 Å². The Kier molecular flexibility index (Phi) is 3.38. The van der Waals surface area contributed by atoms with Crippen LogP contribution in [-0.2, 0) is 0 Å². The second-order valence-corrected chi connectivity index (χ2v) is 1.96. The van der Waals surface area contributed by atoms with Crippen molar-refractivity contribution in [1.82, 2.24) is 0 Å². The fraction of sp³-hybridized carbons (Fsp3) is 0.800. The minimum absolute atomic E-state index is 0.673. The second-order valence-electron chi connectivity index (χ2n) is 1.96. The van der Waals surface area contributed by atoms with Gasteiger partial charge in [-0.1, -0.05) is 13.8 Å².